The van der Waals surface area contributed by atoms with Crippen LogP contribution < -0.4 is 9.47 Å². The van der Waals surface area contributed by atoms with Gasteiger partial charge in [-0.25, -0.2) is 18.0 Å². The maximum atomic E-state index is 13.9. The largest absolute Gasteiger partial charge is 0.565 e. The summed E-state index contributed by atoms with van der Waals surface area (Å²) in [7, 11) is 0. The fourth-order valence-corrected chi connectivity index (χ4v) is 11.9. The summed E-state index contributed by atoms with van der Waals surface area (Å²) in [6.07, 6.45) is 14.0. The average molecular weight is 2290 g/mol. The molecular weight excluding hydrogens is 2210 g/mol. The number of hydrogen-bond acceptors (Lipinski definition) is 14. The average Bonchev–Trinajstić information content (AvgIpc) is 1.63. The van der Waals surface area contributed by atoms with E-state index in [4.69, 9.17) is 31.3 Å². The van der Waals surface area contributed by atoms with Crippen LogP contribution >= 0.6 is 11.6 Å². The first-order valence-corrected chi connectivity index (χ1v) is 38.9. The van der Waals surface area contributed by atoms with Crippen molar-refractivity contribution in [3.8, 4) is 51.0 Å². The molecule has 5 atom stereocenters. The molecule has 0 fully saturated rings. The van der Waals surface area contributed by atoms with E-state index < -0.39 is 29.5 Å². The van der Waals surface area contributed by atoms with Crippen molar-refractivity contribution in [2.24, 2.45) is 5.92 Å². The number of fused-ring (bicyclic) bond motifs is 3. The number of halogens is 4. The fraction of sp³-hybridized carbons (Fsp3) is 0.146. The Balaban J connectivity index is 0.00000146. The molecule has 13 aromatic carbocycles. The van der Waals surface area contributed by atoms with E-state index in [0.29, 0.717) is 33.7 Å². The van der Waals surface area contributed by atoms with Gasteiger partial charge < -0.3 is 63.3 Å². The van der Waals surface area contributed by atoms with Crippen molar-refractivity contribution in [2.75, 3.05) is 0 Å². The zero-order valence-corrected chi connectivity index (χ0v) is 93.0. The summed E-state index contributed by atoms with van der Waals surface area (Å²) in [4.78, 5) is 110. The summed E-state index contributed by atoms with van der Waals surface area (Å²) in [5.41, 5.74) is 11.1. The fourth-order valence-electron chi connectivity index (χ4n) is 11.7. The van der Waals surface area contributed by atoms with Gasteiger partial charge in [0.1, 0.15) is 40.3 Å². The standard InChI is InChI=1S/C16H13O2.C15H11ClNO.C15H12FO.C15H13O2.C13H7F2O2.C13H17O.C9H7O3.C7H6O3.7Y/c1-12(11-17)14-8-5-9-15(10-14)16(18)13-6-3-2-4-7-13;1-9(8-18)10-2-4-12-13-7-11(16)3-5-14(13)17-15(12)6-10;1-11(10-17)13-7-8-14(15(16)9-13)12-5-3-2-4-6-12;1-12(11-16)13-6-5-9-15(10-13)17-14-7-3-2-4-8-14;14-10-2-3-11(12(15)6-10)8-1-4-13(17)9(5-8)7-16;1-10(2)8-12-4-6-13(7-5-12)11(3)9-14;1-7(11)12-9-5-3-2-4-8(9)6-10;8-6-4-2-1-3-5(6)7(9)10;;;;;;;/h2-10,12H,1H3;2-7,9,17H,1H3;2-9,11H,1H3;2-10,12H,1H3;1-6,17H;4-7,10-11H,8H2,1-3H3;2-5H,1H3;1-4,8H,(H,9,10);;;;;;;/q7*-1;;;;;;;;. The molecule has 27 heteroatoms. The molecule has 0 spiro atoms. The van der Waals surface area contributed by atoms with Crippen molar-refractivity contribution in [3.63, 3.8) is 0 Å². The van der Waals surface area contributed by atoms with Crippen LogP contribution in [0.15, 0.2) is 303 Å². The zero-order valence-electron chi connectivity index (χ0n) is 72.3. The third kappa shape index (κ3) is 40.4. The Morgan fingerprint density at radius 1 is 0.392 bits per heavy atom. The van der Waals surface area contributed by atoms with Gasteiger partial charge >= 0.3 is 5.97 Å². The second kappa shape index (κ2) is 65.7. The van der Waals surface area contributed by atoms with E-state index in [9.17, 15) is 66.2 Å². The van der Waals surface area contributed by atoms with Crippen molar-refractivity contribution in [3.05, 3.63) is 387 Å². The summed E-state index contributed by atoms with van der Waals surface area (Å²) in [6, 6.07) is 86.9. The van der Waals surface area contributed by atoms with E-state index in [1.807, 2.05) is 210 Å². The number of hydrogen-bond donors (Lipinski definition) is 4. The number of ether oxygens (including phenoxy) is 2. The number of phenolic OH excluding ortho intramolecular Hbond substituents is 1. The third-order valence-electron chi connectivity index (χ3n) is 18.4. The minimum absolute atomic E-state index is 0. The van der Waals surface area contributed by atoms with Gasteiger partial charge in [0.25, 0.3) is 5.97 Å². The zero-order chi connectivity index (χ0) is 89.5. The second-order valence-corrected chi connectivity index (χ2v) is 28.5. The van der Waals surface area contributed by atoms with E-state index in [1.165, 1.54) is 67.3 Å². The number of carboxylic acid groups (broad SMARTS) is 1. The molecule has 0 aliphatic heterocycles. The Bertz CT molecular complexity index is 5900. The monoisotopic (exact) mass is 2290 g/mol. The van der Waals surface area contributed by atoms with Crippen LogP contribution in [0.25, 0.3) is 44.1 Å². The molecule has 0 saturated heterocycles. The van der Waals surface area contributed by atoms with Gasteiger partial charge in [0.05, 0.1) is 12.6 Å². The summed E-state index contributed by atoms with van der Waals surface area (Å²) in [5, 5.41) is 29.5. The number of nitrogens with one attached hydrogen (secondary N) is 1. The number of esters is 1. The first-order chi connectivity index (χ1) is 59.1. The number of aromatic carboxylic acids is 1. The van der Waals surface area contributed by atoms with E-state index in [2.05, 4.69) is 31.0 Å². The number of carboxylic acids is 1. The Morgan fingerprint density at radius 3 is 1.40 bits per heavy atom. The first-order valence-electron chi connectivity index (χ1n) is 38.5. The van der Waals surface area contributed by atoms with Gasteiger partial charge in [-0.3, -0.25) is 41.0 Å². The Hall–Kier alpha value is -6.83. The number of ketones is 1. The Morgan fingerprint density at radius 2 is 0.862 bits per heavy atom. The van der Waals surface area contributed by atoms with Crippen LogP contribution in [-0.2, 0) is 274 Å². The Labute approximate surface area is 937 Å². The van der Waals surface area contributed by atoms with Crippen LogP contribution in [0.4, 0.5) is 13.2 Å². The van der Waals surface area contributed by atoms with Crippen molar-refractivity contribution in [2.45, 2.75) is 91.4 Å². The van der Waals surface area contributed by atoms with Crippen molar-refractivity contribution in [1.82, 2.24) is 4.98 Å². The number of aromatic hydroxyl groups is 2. The number of H-pyrrole nitrogens is 1. The van der Waals surface area contributed by atoms with E-state index in [-0.39, 0.29) is 304 Å². The summed E-state index contributed by atoms with van der Waals surface area (Å²) in [5.74, 6) is -2.54. The van der Waals surface area contributed by atoms with Crippen LogP contribution in [-0.4, -0.2) is 82.0 Å². The maximum Gasteiger partial charge on any atom is 0.339 e. The minimum Gasteiger partial charge on any atom is -0.565 e. The molecule has 4 N–H and O–H groups in total. The number of para-hydroxylation sites is 3. The second-order valence-electron chi connectivity index (χ2n) is 28.0. The summed E-state index contributed by atoms with van der Waals surface area (Å²) >= 11 is 6.01. The molecule has 130 heavy (non-hydrogen) atoms. The van der Waals surface area contributed by atoms with Gasteiger partial charge in [0.15, 0.2) is 5.78 Å². The van der Waals surface area contributed by atoms with E-state index in [1.54, 1.807) is 92.9 Å². The topological polar surface area (TPSA) is 266 Å². The quantitative estimate of drug-likeness (QED) is 0.0213. The number of rotatable bonds is 22. The van der Waals surface area contributed by atoms with Crippen LogP contribution in [0.2, 0.25) is 5.02 Å². The van der Waals surface area contributed by atoms with Crippen LogP contribution in [0, 0.1) is 23.4 Å². The molecule has 1 aromatic heterocycles. The molecule has 5 unspecified atom stereocenters. The Kier molecular flexibility index (Phi) is 62.3. The number of aromatic amines is 1. The molecule has 16 nitrogen and oxygen atoms in total. The molecule has 14 aromatic rings. The SMILES string of the molecule is CC(=O)Oc1ccccc1[C-]=O.CC(C)Cc1ccc(C(C)[C-]=O)cc1.CC([C-]=O)c1ccc(-c2ccccc2)c(F)c1.CC([C-]=O)c1ccc2c(c1)[nH]c1ccc(Cl)cc12.CC([C-]=O)c1cccc(C(=O)c2ccccc2)c1.CC([C-]=O)c1cccc(Oc2ccccc2)c1.O=C(O)c1ccccc1O.O=[C-]c1cc(-c2ccc(F)cc2F)ccc1O.[Y].[Y].[Y].[Y].[Y].[Y].[Y]. The normalized spacial score (nSPS) is 10.8. The van der Waals surface area contributed by atoms with Crippen molar-refractivity contribution < 1.29 is 315 Å². The molecule has 14 rings (SSSR count). The summed E-state index contributed by atoms with van der Waals surface area (Å²) < 4.78 is 50.5. The molecule has 1 heterocycles. The molecule has 0 saturated carbocycles. The number of carbonyl (C=O) groups excluding carboxylic acids is 9. The molecule has 0 aliphatic rings. The van der Waals surface area contributed by atoms with Gasteiger partial charge in [0, 0.05) is 303 Å². The summed E-state index contributed by atoms with van der Waals surface area (Å²) in [6.45, 7) is 14.7. The molecule has 0 aliphatic carbocycles. The van der Waals surface area contributed by atoms with E-state index >= 15 is 0 Å². The molecule has 649 valence electrons. The van der Waals surface area contributed by atoms with E-state index in [0.717, 1.165) is 84.7 Å². The number of benzene rings is 13. The smallest absolute Gasteiger partial charge is 0.339 e. The number of aromatic nitrogens is 1. The predicted molar refractivity (Wildman–Crippen MR) is 473 cm³/mol. The van der Waals surface area contributed by atoms with Gasteiger partial charge in [-0.05, 0) is 108 Å². The molecule has 0 amide bonds. The molecule has 7 radical (unpaired) electrons. The van der Waals surface area contributed by atoms with Crippen LogP contribution in [0.1, 0.15) is 156 Å². The van der Waals surface area contributed by atoms with Gasteiger partial charge in [0.2, 0.25) is 0 Å². The molecule has 0 bridgehead atoms. The van der Waals surface area contributed by atoms with Crippen LogP contribution in [0.5, 0.6) is 28.7 Å². The van der Waals surface area contributed by atoms with Gasteiger partial charge in [-0.1, -0.05) is 288 Å². The minimum atomic E-state index is -1.11. The predicted octanol–water partition coefficient (Wildman–Crippen LogP) is 22.8. The van der Waals surface area contributed by atoms with Crippen LogP contribution in [0.3, 0.4) is 0 Å². The van der Waals surface area contributed by atoms with Crippen molar-refractivity contribution in [1.29, 1.82) is 0 Å². The van der Waals surface area contributed by atoms with Gasteiger partial charge in [-0.2, -0.15) is 6.07 Å². The maximum absolute atomic E-state index is 13.9. The number of carbonyl (C=O) groups is 3. The van der Waals surface area contributed by atoms with Gasteiger partial charge in [-0.15, -0.1) is 52.8 Å². The molecular formula is C103H86ClF3NO15Y7-7. The third-order valence-corrected chi connectivity index (χ3v) is 18.7. The first kappa shape index (κ1) is 123. The number of phenols is 2. The van der Waals surface area contributed by atoms with Crippen molar-refractivity contribution >= 4 is 95.1 Å².